The summed E-state index contributed by atoms with van der Waals surface area (Å²) in [5, 5.41) is 0. The van der Waals surface area contributed by atoms with Crippen molar-refractivity contribution in [3.63, 3.8) is 0 Å². The molecule has 2 fully saturated rings. The summed E-state index contributed by atoms with van der Waals surface area (Å²) in [6, 6.07) is 0.476. The Morgan fingerprint density at radius 3 is 2.11 bits per heavy atom. The molecule has 2 N–H and O–H groups in total. The van der Waals surface area contributed by atoms with Crippen LogP contribution in [0.15, 0.2) is 0 Å². The molecule has 2 aliphatic carbocycles. The van der Waals surface area contributed by atoms with Gasteiger partial charge in [0.15, 0.2) is 0 Å². The summed E-state index contributed by atoms with van der Waals surface area (Å²) in [5.41, 5.74) is 6.96. The van der Waals surface area contributed by atoms with Gasteiger partial charge in [0.2, 0.25) is 0 Å². The van der Waals surface area contributed by atoms with E-state index in [2.05, 4.69) is 34.6 Å². The minimum atomic E-state index is 0.464. The molecule has 1 heteroatoms. The van der Waals surface area contributed by atoms with E-state index in [0.717, 1.165) is 29.6 Å². The molecule has 1 nitrogen and oxygen atoms in total. The lowest BCUT2D eigenvalue weighted by Crippen LogP contribution is -2.44. The van der Waals surface area contributed by atoms with Gasteiger partial charge in [0.05, 0.1) is 0 Å². The maximum Gasteiger partial charge on any atom is 0.00700 e. The highest BCUT2D eigenvalue weighted by Crippen LogP contribution is 2.46. The maximum absolute atomic E-state index is 6.50. The summed E-state index contributed by atoms with van der Waals surface area (Å²) in [6.45, 7) is 12.1. The van der Waals surface area contributed by atoms with Crippen molar-refractivity contribution in [3.8, 4) is 0 Å². The predicted octanol–water partition coefficient (Wildman–Crippen LogP) is 4.85. The Bertz CT molecular complexity index is 291. The zero-order chi connectivity index (χ0) is 14.2. The van der Waals surface area contributed by atoms with Gasteiger partial charge < -0.3 is 5.73 Å². The molecule has 2 saturated carbocycles. The number of nitrogens with two attached hydrogens (primary N) is 1. The molecule has 0 aromatic rings. The first-order valence-corrected chi connectivity index (χ1v) is 8.54. The van der Waals surface area contributed by atoms with E-state index in [-0.39, 0.29) is 0 Å². The van der Waals surface area contributed by atoms with Crippen molar-refractivity contribution in [3.05, 3.63) is 0 Å². The first-order chi connectivity index (χ1) is 8.79. The quantitative estimate of drug-likeness (QED) is 0.720. The van der Waals surface area contributed by atoms with E-state index in [9.17, 15) is 0 Å². The van der Waals surface area contributed by atoms with Gasteiger partial charge in [0, 0.05) is 6.04 Å². The molecule has 2 aliphatic rings. The standard InChI is InChI=1S/C18H35N/c1-12-6-7-14(10-13(12)2)16-11-15(18(3,4)5)8-9-17(16)19/h12-17H,6-11,19H2,1-5H3. The van der Waals surface area contributed by atoms with Crippen LogP contribution in [-0.2, 0) is 0 Å². The number of hydrogen-bond donors (Lipinski definition) is 1. The lowest BCUT2D eigenvalue weighted by Gasteiger charge is -2.46. The Kier molecular flexibility index (Phi) is 4.65. The molecule has 0 saturated heterocycles. The van der Waals surface area contributed by atoms with Crippen molar-refractivity contribution in [1.82, 2.24) is 0 Å². The number of hydrogen-bond acceptors (Lipinski definition) is 1. The average molecular weight is 265 g/mol. The van der Waals surface area contributed by atoms with E-state index in [0.29, 0.717) is 11.5 Å². The zero-order valence-corrected chi connectivity index (χ0v) is 13.8. The summed E-state index contributed by atoms with van der Waals surface area (Å²) in [7, 11) is 0. The van der Waals surface area contributed by atoms with E-state index in [1.807, 2.05) is 0 Å². The lowest BCUT2D eigenvalue weighted by atomic mass is 9.61. The second-order valence-electron chi connectivity index (χ2n) is 8.73. The van der Waals surface area contributed by atoms with Crippen LogP contribution in [0, 0.1) is 35.0 Å². The number of rotatable bonds is 1. The van der Waals surface area contributed by atoms with E-state index in [4.69, 9.17) is 5.73 Å². The van der Waals surface area contributed by atoms with Gasteiger partial charge in [-0.2, -0.15) is 0 Å². The monoisotopic (exact) mass is 265 g/mol. The fourth-order valence-electron chi connectivity index (χ4n) is 4.54. The van der Waals surface area contributed by atoms with Crippen LogP contribution >= 0.6 is 0 Å². The van der Waals surface area contributed by atoms with Crippen LogP contribution in [0.1, 0.15) is 73.1 Å². The zero-order valence-electron chi connectivity index (χ0n) is 13.8. The predicted molar refractivity (Wildman–Crippen MR) is 83.9 cm³/mol. The van der Waals surface area contributed by atoms with Gasteiger partial charge in [-0.3, -0.25) is 0 Å². The van der Waals surface area contributed by atoms with Gasteiger partial charge in [-0.15, -0.1) is 0 Å². The van der Waals surface area contributed by atoms with Crippen molar-refractivity contribution in [1.29, 1.82) is 0 Å². The molecule has 2 rings (SSSR count). The molecule has 0 aliphatic heterocycles. The van der Waals surface area contributed by atoms with E-state index < -0.39 is 0 Å². The van der Waals surface area contributed by atoms with Crippen molar-refractivity contribution >= 4 is 0 Å². The van der Waals surface area contributed by atoms with Gasteiger partial charge >= 0.3 is 0 Å². The molecule has 19 heavy (non-hydrogen) atoms. The molecule has 0 radical (unpaired) electrons. The molecule has 6 atom stereocenters. The second-order valence-corrected chi connectivity index (χ2v) is 8.73. The Morgan fingerprint density at radius 2 is 1.53 bits per heavy atom. The minimum absolute atomic E-state index is 0.464. The van der Waals surface area contributed by atoms with E-state index in [1.165, 1.54) is 38.5 Å². The van der Waals surface area contributed by atoms with Crippen molar-refractivity contribution in [2.24, 2.45) is 40.7 Å². The highest BCUT2D eigenvalue weighted by atomic mass is 14.7. The minimum Gasteiger partial charge on any atom is -0.327 e. The molecule has 0 spiro atoms. The highest BCUT2D eigenvalue weighted by Gasteiger charge is 2.39. The Labute approximate surface area is 120 Å². The summed E-state index contributed by atoms with van der Waals surface area (Å²) < 4.78 is 0. The highest BCUT2D eigenvalue weighted by molar-refractivity contribution is 4.92. The molecule has 0 amide bonds. The van der Waals surface area contributed by atoms with Gasteiger partial charge in [0.25, 0.3) is 0 Å². The van der Waals surface area contributed by atoms with Gasteiger partial charge in [-0.1, -0.05) is 41.0 Å². The topological polar surface area (TPSA) is 26.0 Å². The van der Waals surface area contributed by atoms with Crippen molar-refractivity contribution in [2.75, 3.05) is 0 Å². The molecule has 112 valence electrons. The first-order valence-electron chi connectivity index (χ1n) is 8.54. The third kappa shape index (κ3) is 3.54. The molecular weight excluding hydrogens is 230 g/mol. The van der Waals surface area contributed by atoms with Crippen LogP contribution in [0.4, 0.5) is 0 Å². The average Bonchev–Trinajstić information content (AvgIpc) is 2.32. The smallest absolute Gasteiger partial charge is 0.00700 e. The van der Waals surface area contributed by atoms with Crippen LogP contribution in [0.5, 0.6) is 0 Å². The largest absolute Gasteiger partial charge is 0.327 e. The Balaban J connectivity index is 2.01. The summed E-state index contributed by atoms with van der Waals surface area (Å²) in [5.74, 6) is 4.42. The summed E-state index contributed by atoms with van der Waals surface area (Å²) in [4.78, 5) is 0. The third-order valence-electron chi connectivity index (χ3n) is 6.42. The molecule has 0 aromatic carbocycles. The Hall–Kier alpha value is -0.0400. The van der Waals surface area contributed by atoms with Crippen LogP contribution in [0.25, 0.3) is 0 Å². The van der Waals surface area contributed by atoms with Crippen LogP contribution < -0.4 is 5.73 Å². The molecule has 0 aromatic heterocycles. The third-order valence-corrected chi connectivity index (χ3v) is 6.42. The molecular formula is C18H35N. The van der Waals surface area contributed by atoms with E-state index >= 15 is 0 Å². The lowest BCUT2D eigenvalue weighted by molar-refractivity contribution is 0.0610. The van der Waals surface area contributed by atoms with E-state index in [1.54, 1.807) is 0 Å². The van der Waals surface area contributed by atoms with Gasteiger partial charge in [0.1, 0.15) is 0 Å². The van der Waals surface area contributed by atoms with Crippen LogP contribution in [-0.4, -0.2) is 6.04 Å². The van der Waals surface area contributed by atoms with Crippen molar-refractivity contribution < 1.29 is 0 Å². The van der Waals surface area contributed by atoms with Crippen LogP contribution in [0.2, 0.25) is 0 Å². The Morgan fingerprint density at radius 1 is 0.842 bits per heavy atom. The summed E-state index contributed by atoms with van der Waals surface area (Å²) >= 11 is 0. The van der Waals surface area contributed by atoms with Crippen molar-refractivity contribution in [2.45, 2.75) is 79.2 Å². The maximum atomic E-state index is 6.50. The fourth-order valence-corrected chi connectivity index (χ4v) is 4.54. The molecule has 0 heterocycles. The van der Waals surface area contributed by atoms with Crippen LogP contribution in [0.3, 0.4) is 0 Å². The normalized spacial score (nSPS) is 45.2. The molecule has 0 bridgehead atoms. The SMILES string of the molecule is CC1CCC(C2CC(C(C)(C)C)CCC2N)CC1C. The second kappa shape index (κ2) is 5.76. The van der Waals surface area contributed by atoms with Gasteiger partial charge in [-0.05, 0) is 67.1 Å². The molecule has 6 unspecified atom stereocenters. The van der Waals surface area contributed by atoms with Gasteiger partial charge in [-0.25, -0.2) is 0 Å². The first kappa shape index (κ1) is 15.4. The fraction of sp³-hybridized carbons (Fsp3) is 1.00. The summed E-state index contributed by atoms with van der Waals surface area (Å²) in [6.07, 6.45) is 8.27.